The normalized spacial score (nSPS) is 15.4. The van der Waals surface area contributed by atoms with Crippen LogP contribution in [0.2, 0.25) is 0 Å². The second kappa shape index (κ2) is 5.86. The summed E-state index contributed by atoms with van der Waals surface area (Å²) in [4.78, 5) is 0. The van der Waals surface area contributed by atoms with Gasteiger partial charge in [0.15, 0.2) is 0 Å². The Labute approximate surface area is 183 Å². The van der Waals surface area contributed by atoms with Gasteiger partial charge in [-0.15, -0.1) is 0 Å². The Morgan fingerprint density at radius 1 is 0.581 bits per heavy atom. The summed E-state index contributed by atoms with van der Waals surface area (Å²) in [5, 5.41) is 5.70. The zero-order valence-electron chi connectivity index (χ0n) is 18.0. The molecule has 0 heterocycles. The predicted molar refractivity (Wildman–Crippen MR) is 132 cm³/mol. The molecular weight excluding hydrogens is 372 g/mol. The van der Waals surface area contributed by atoms with E-state index < -0.39 is 0 Å². The Morgan fingerprint density at radius 3 is 2.26 bits per heavy atom. The van der Waals surface area contributed by atoms with E-state index in [2.05, 4.69) is 98.8 Å². The molecule has 2 aliphatic rings. The van der Waals surface area contributed by atoms with Crippen molar-refractivity contribution in [3.05, 3.63) is 107 Å². The van der Waals surface area contributed by atoms with E-state index in [0.29, 0.717) is 0 Å². The van der Waals surface area contributed by atoms with Crippen molar-refractivity contribution < 1.29 is 0 Å². The molecule has 0 aliphatic heterocycles. The molecule has 2 aliphatic carbocycles. The molecule has 0 atom stereocenters. The van der Waals surface area contributed by atoms with Crippen LogP contribution in [-0.4, -0.2) is 0 Å². The van der Waals surface area contributed by atoms with E-state index in [0.717, 1.165) is 12.8 Å². The lowest BCUT2D eigenvalue weighted by Gasteiger charge is -2.23. The molecule has 31 heavy (non-hydrogen) atoms. The quantitative estimate of drug-likeness (QED) is 0.251. The maximum absolute atomic E-state index is 2.45. The molecule has 7 rings (SSSR count). The zero-order chi connectivity index (χ0) is 20.7. The fourth-order valence-electron chi connectivity index (χ4n) is 6.18. The van der Waals surface area contributed by atoms with Crippen LogP contribution in [0.25, 0.3) is 43.8 Å². The molecule has 5 aromatic carbocycles. The van der Waals surface area contributed by atoms with Crippen molar-refractivity contribution in [2.45, 2.75) is 32.1 Å². The van der Waals surface area contributed by atoms with Crippen LogP contribution in [0.5, 0.6) is 0 Å². The summed E-state index contributed by atoms with van der Waals surface area (Å²) in [5.74, 6) is 0. The van der Waals surface area contributed by atoms with Crippen LogP contribution in [0.4, 0.5) is 0 Å². The Balaban J connectivity index is 1.51. The molecule has 0 amide bonds. The monoisotopic (exact) mass is 396 g/mol. The van der Waals surface area contributed by atoms with Gasteiger partial charge >= 0.3 is 0 Å². The minimum atomic E-state index is 0.0307. The van der Waals surface area contributed by atoms with Crippen molar-refractivity contribution in [2.75, 3.05) is 0 Å². The fourth-order valence-corrected chi connectivity index (χ4v) is 6.18. The average molecular weight is 397 g/mol. The van der Waals surface area contributed by atoms with Crippen LogP contribution in [0.3, 0.4) is 0 Å². The van der Waals surface area contributed by atoms with E-state index in [4.69, 9.17) is 0 Å². The second-order valence-electron chi connectivity index (χ2n) is 9.71. The highest BCUT2D eigenvalue weighted by molar-refractivity contribution is 6.15. The maximum Gasteiger partial charge on any atom is 0.0159 e. The van der Waals surface area contributed by atoms with Crippen LogP contribution in [0.15, 0.2) is 84.9 Å². The highest BCUT2D eigenvalue weighted by atomic mass is 14.4. The van der Waals surface area contributed by atoms with Crippen LogP contribution >= 0.6 is 0 Å². The maximum atomic E-state index is 2.45. The number of aryl methyl sites for hydroxylation is 2. The van der Waals surface area contributed by atoms with E-state index in [1.54, 1.807) is 0 Å². The first kappa shape index (κ1) is 17.3. The van der Waals surface area contributed by atoms with Crippen LogP contribution in [-0.2, 0) is 18.3 Å². The molecule has 0 aromatic heterocycles. The van der Waals surface area contributed by atoms with Gasteiger partial charge in [-0.1, -0.05) is 92.7 Å². The Hall–Kier alpha value is -3.38. The predicted octanol–water partition coefficient (Wildman–Crippen LogP) is 8.06. The molecule has 0 unspecified atom stereocenters. The number of hydrogen-bond acceptors (Lipinski definition) is 0. The smallest absolute Gasteiger partial charge is 0.0159 e. The summed E-state index contributed by atoms with van der Waals surface area (Å²) in [6.07, 6.45) is 2.29. The molecular formula is C31H24. The summed E-state index contributed by atoms with van der Waals surface area (Å²) in [5.41, 5.74) is 11.4. The van der Waals surface area contributed by atoms with Crippen molar-refractivity contribution in [3.63, 3.8) is 0 Å². The number of rotatable bonds is 1. The molecule has 0 saturated carbocycles. The number of fused-ring (bicyclic) bond motifs is 3. The lowest BCUT2D eigenvalue weighted by molar-refractivity contribution is 0.660. The van der Waals surface area contributed by atoms with Crippen molar-refractivity contribution in [1.29, 1.82) is 0 Å². The van der Waals surface area contributed by atoms with E-state index >= 15 is 0 Å². The minimum absolute atomic E-state index is 0.0307. The van der Waals surface area contributed by atoms with Crippen LogP contribution in [0, 0.1) is 0 Å². The summed E-state index contributed by atoms with van der Waals surface area (Å²) in [7, 11) is 0. The summed E-state index contributed by atoms with van der Waals surface area (Å²) in [6, 6.07) is 32.2. The third kappa shape index (κ3) is 2.20. The van der Waals surface area contributed by atoms with Gasteiger partial charge < -0.3 is 0 Å². The van der Waals surface area contributed by atoms with E-state index in [1.165, 1.54) is 66.1 Å². The molecule has 0 nitrogen and oxygen atoms in total. The summed E-state index contributed by atoms with van der Waals surface area (Å²) >= 11 is 0. The van der Waals surface area contributed by atoms with Crippen molar-refractivity contribution in [3.8, 4) is 22.3 Å². The first-order valence-corrected chi connectivity index (χ1v) is 11.3. The summed E-state index contributed by atoms with van der Waals surface area (Å²) < 4.78 is 0. The van der Waals surface area contributed by atoms with Gasteiger partial charge in [-0.3, -0.25) is 0 Å². The zero-order valence-corrected chi connectivity index (χ0v) is 18.0. The molecule has 5 aromatic rings. The molecule has 0 radical (unpaired) electrons. The molecule has 0 N–H and O–H groups in total. The Bertz CT molecular complexity index is 1550. The van der Waals surface area contributed by atoms with Gasteiger partial charge in [-0.25, -0.2) is 0 Å². The van der Waals surface area contributed by atoms with Gasteiger partial charge in [0.05, 0.1) is 0 Å². The molecule has 0 spiro atoms. The largest absolute Gasteiger partial charge is 0.0619 e. The van der Waals surface area contributed by atoms with E-state index in [1.807, 2.05) is 0 Å². The fraction of sp³-hybridized carbons (Fsp3) is 0.161. The third-order valence-corrected chi connectivity index (χ3v) is 7.75. The van der Waals surface area contributed by atoms with Crippen LogP contribution < -0.4 is 0 Å². The topological polar surface area (TPSA) is 0 Å². The van der Waals surface area contributed by atoms with Gasteiger partial charge in [0.1, 0.15) is 0 Å². The SMILES string of the molecule is CC1(C)c2ccccc2-c2ccc(-c3ccc4c5c3ccc3cccc(c35)CC4)cc21. The van der Waals surface area contributed by atoms with Crippen molar-refractivity contribution >= 4 is 21.5 Å². The average Bonchev–Trinajstić information content (AvgIpc) is 3.04. The molecule has 0 heteroatoms. The van der Waals surface area contributed by atoms with Gasteiger partial charge in [-0.2, -0.15) is 0 Å². The van der Waals surface area contributed by atoms with Gasteiger partial charge in [-0.05, 0) is 85.0 Å². The minimum Gasteiger partial charge on any atom is -0.0619 e. The lowest BCUT2D eigenvalue weighted by Crippen LogP contribution is -2.14. The number of benzene rings is 5. The van der Waals surface area contributed by atoms with Crippen molar-refractivity contribution in [1.82, 2.24) is 0 Å². The standard InChI is InChI=1S/C31H24/c1-31(2)27-9-4-3-8-24(27)25-16-14-22(18-28(25)31)23-15-12-21-11-10-19-6-5-7-20-13-17-26(23)30(21)29(19)20/h3-9,12-18H,10-11H2,1-2H3. The third-order valence-electron chi connectivity index (χ3n) is 7.75. The number of hydrogen-bond donors (Lipinski definition) is 0. The lowest BCUT2D eigenvalue weighted by atomic mass is 9.80. The van der Waals surface area contributed by atoms with E-state index in [-0.39, 0.29) is 5.41 Å². The first-order chi connectivity index (χ1) is 15.1. The second-order valence-corrected chi connectivity index (χ2v) is 9.71. The molecule has 0 saturated heterocycles. The van der Waals surface area contributed by atoms with Crippen LogP contribution in [0.1, 0.15) is 36.1 Å². The molecule has 0 fully saturated rings. The van der Waals surface area contributed by atoms with Gasteiger partial charge in [0.2, 0.25) is 0 Å². The first-order valence-electron chi connectivity index (χ1n) is 11.3. The summed E-state index contributed by atoms with van der Waals surface area (Å²) in [6.45, 7) is 4.72. The van der Waals surface area contributed by atoms with E-state index in [9.17, 15) is 0 Å². The molecule has 148 valence electrons. The van der Waals surface area contributed by atoms with Crippen molar-refractivity contribution in [2.24, 2.45) is 0 Å². The Kier molecular flexibility index (Phi) is 3.27. The highest BCUT2D eigenvalue weighted by Gasteiger charge is 2.35. The van der Waals surface area contributed by atoms with Gasteiger partial charge in [0.25, 0.3) is 0 Å². The highest BCUT2D eigenvalue weighted by Crippen LogP contribution is 2.50. The Morgan fingerprint density at radius 2 is 1.35 bits per heavy atom. The molecule has 0 bridgehead atoms. The van der Waals surface area contributed by atoms with Gasteiger partial charge in [0, 0.05) is 5.41 Å².